The van der Waals surface area contributed by atoms with Gasteiger partial charge in [-0.15, -0.1) is 24.0 Å². The summed E-state index contributed by atoms with van der Waals surface area (Å²) in [6.45, 7) is 15.4. The highest BCUT2D eigenvalue weighted by molar-refractivity contribution is 14.0. The lowest BCUT2D eigenvalue weighted by Gasteiger charge is -2.21. The summed E-state index contributed by atoms with van der Waals surface area (Å²) in [4.78, 5) is 4.58. The van der Waals surface area contributed by atoms with Crippen LogP contribution in [-0.4, -0.2) is 64.1 Å². The highest BCUT2D eigenvalue weighted by Gasteiger charge is 2.15. The zero-order chi connectivity index (χ0) is 17.0. The van der Waals surface area contributed by atoms with Gasteiger partial charge in [-0.05, 0) is 40.5 Å². The number of rotatable bonds is 10. The Morgan fingerprint density at radius 2 is 2.04 bits per heavy atom. The molecule has 1 aliphatic rings. The van der Waals surface area contributed by atoms with E-state index in [1.807, 2.05) is 0 Å². The van der Waals surface area contributed by atoms with Gasteiger partial charge < -0.3 is 25.4 Å². The van der Waals surface area contributed by atoms with Crippen molar-refractivity contribution in [2.45, 2.75) is 46.1 Å². The van der Waals surface area contributed by atoms with Crippen LogP contribution in [0.2, 0.25) is 0 Å². The largest absolute Gasteiger partial charge is 0.381 e. The Bertz CT molecular complexity index is 329. The van der Waals surface area contributed by atoms with Gasteiger partial charge in [-0.3, -0.25) is 4.99 Å². The number of ether oxygens (including phenoxy) is 2. The molecule has 0 aromatic heterocycles. The van der Waals surface area contributed by atoms with Crippen LogP contribution in [0, 0.1) is 5.92 Å². The van der Waals surface area contributed by atoms with Gasteiger partial charge in [0.05, 0.1) is 13.2 Å². The van der Waals surface area contributed by atoms with Crippen molar-refractivity contribution in [1.82, 2.24) is 16.0 Å². The lowest BCUT2D eigenvalue weighted by Crippen LogP contribution is -2.44. The van der Waals surface area contributed by atoms with Gasteiger partial charge in [0.15, 0.2) is 5.96 Å². The van der Waals surface area contributed by atoms with Crippen molar-refractivity contribution in [3.8, 4) is 0 Å². The molecule has 1 rings (SSSR count). The van der Waals surface area contributed by atoms with E-state index in [0.717, 1.165) is 71.4 Å². The maximum absolute atomic E-state index is 5.70. The number of halogens is 1. The van der Waals surface area contributed by atoms with Crippen molar-refractivity contribution >= 4 is 29.9 Å². The molecule has 1 saturated heterocycles. The van der Waals surface area contributed by atoms with Crippen LogP contribution in [0.25, 0.3) is 0 Å². The summed E-state index contributed by atoms with van der Waals surface area (Å²) in [7, 11) is 0. The van der Waals surface area contributed by atoms with Gasteiger partial charge in [-0.25, -0.2) is 0 Å². The minimum absolute atomic E-state index is 0. The van der Waals surface area contributed by atoms with Crippen molar-refractivity contribution < 1.29 is 9.47 Å². The summed E-state index contributed by atoms with van der Waals surface area (Å²) in [5.41, 5.74) is 0.152. The molecular weight excluding hydrogens is 419 g/mol. The third-order valence-electron chi connectivity index (χ3n) is 3.51. The van der Waals surface area contributed by atoms with Crippen molar-refractivity contribution in [1.29, 1.82) is 0 Å². The Morgan fingerprint density at radius 1 is 1.25 bits per heavy atom. The Kier molecular flexibility index (Phi) is 14.0. The van der Waals surface area contributed by atoms with Crippen molar-refractivity contribution in [3.63, 3.8) is 0 Å². The molecule has 0 aliphatic carbocycles. The van der Waals surface area contributed by atoms with Gasteiger partial charge in [0.1, 0.15) is 0 Å². The molecular formula is C17H37IN4O2. The first kappa shape index (κ1) is 23.9. The Morgan fingerprint density at radius 3 is 2.67 bits per heavy atom. The Hall–Kier alpha value is -0.120. The van der Waals surface area contributed by atoms with Gasteiger partial charge in [0, 0.05) is 50.8 Å². The smallest absolute Gasteiger partial charge is 0.191 e. The molecule has 0 radical (unpaired) electrons. The SMILES string of the molecule is CCNC(=NCCCOCC1CCOC1)NCCNC(C)(C)C.I. The predicted octanol–water partition coefficient (Wildman–Crippen LogP) is 1.99. The van der Waals surface area contributed by atoms with Gasteiger partial charge in [-0.1, -0.05) is 0 Å². The molecule has 1 atom stereocenters. The minimum atomic E-state index is 0. The summed E-state index contributed by atoms with van der Waals surface area (Å²) in [5, 5.41) is 10.1. The zero-order valence-corrected chi connectivity index (χ0v) is 18.2. The zero-order valence-electron chi connectivity index (χ0n) is 15.8. The fraction of sp³-hybridized carbons (Fsp3) is 0.941. The summed E-state index contributed by atoms with van der Waals surface area (Å²) in [5.74, 6) is 1.47. The molecule has 6 nitrogen and oxygen atoms in total. The number of hydrogen-bond acceptors (Lipinski definition) is 4. The summed E-state index contributed by atoms with van der Waals surface area (Å²) >= 11 is 0. The van der Waals surface area contributed by atoms with E-state index in [4.69, 9.17) is 9.47 Å². The third kappa shape index (κ3) is 13.2. The van der Waals surface area contributed by atoms with Crippen LogP contribution in [-0.2, 0) is 9.47 Å². The Labute approximate surface area is 164 Å². The predicted molar refractivity (Wildman–Crippen MR) is 112 cm³/mol. The minimum Gasteiger partial charge on any atom is -0.381 e. The monoisotopic (exact) mass is 456 g/mol. The number of guanidine groups is 1. The maximum Gasteiger partial charge on any atom is 0.191 e. The number of aliphatic imine (C=N–C) groups is 1. The molecule has 1 heterocycles. The Balaban J connectivity index is 0.00000529. The molecule has 1 unspecified atom stereocenters. The van der Waals surface area contributed by atoms with Crippen LogP contribution in [0.5, 0.6) is 0 Å². The van der Waals surface area contributed by atoms with Gasteiger partial charge in [-0.2, -0.15) is 0 Å². The standard InChI is InChI=1S/C17H36N4O2.HI/c1-5-18-16(20-9-10-21-17(2,3)4)19-8-6-11-22-13-15-7-12-23-14-15;/h15,21H,5-14H2,1-4H3,(H2,18,19,20);1H. The fourth-order valence-corrected chi connectivity index (χ4v) is 2.28. The second-order valence-electron chi connectivity index (χ2n) is 7.02. The van der Waals surface area contributed by atoms with Gasteiger partial charge in [0.2, 0.25) is 0 Å². The van der Waals surface area contributed by atoms with Crippen molar-refractivity contribution in [2.75, 3.05) is 52.6 Å². The molecule has 0 spiro atoms. The second-order valence-corrected chi connectivity index (χ2v) is 7.02. The van der Waals surface area contributed by atoms with Gasteiger partial charge >= 0.3 is 0 Å². The van der Waals surface area contributed by atoms with E-state index in [9.17, 15) is 0 Å². The summed E-state index contributed by atoms with van der Waals surface area (Å²) in [6, 6.07) is 0. The van der Waals surface area contributed by atoms with Gasteiger partial charge in [0.25, 0.3) is 0 Å². The first-order chi connectivity index (χ1) is 11.0. The first-order valence-corrected chi connectivity index (χ1v) is 8.94. The van der Waals surface area contributed by atoms with Crippen LogP contribution in [0.1, 0.15) is 40.5 Å². The molecule has 1 fully saturated rings. The lowest BCUT2D eigenvalue weighted by atomic mass is 10.1. The van der Waals surface area contributed by atoms with Crippen molar-refractivity contribution in [2.24, 2.45) is 10.9 Å². The highest BCUT2D eigenvalue weighted by atomic mass is 127. The van der Waals surface area contributed by atoms with E-state index >= 15 is 0 Å². The number of nitrogens with one attached hydrogen (secondary N) is 3. The maximum atomic E-state index is 5.70. The van der Waals surface area contributed by atoms with Crippen molar-refractivity contribution in [3.05, 3.63) is 0 Å². The molecule has 0 aromatic carbocycles. The quantitative estimate of drug-likeness (QED) is 0.203. The fourth-order valence-electron chi connectivity index (χ4n) is 2.28. The van der Waals surface area contributed by atoms with E-state index in [0.29, 0.717) is 5.92 Å². The first-order valence-electron chi connectivity index (χ1n) is 8.94. The van der Waals surface area contributed by atoms with Crippen LogP contribution in [0.4, 0.5) is 0 Å². The van der Waals surface area contributed by atoms with E-state index in [1.165, 1.54) is 0 Å². The van der Waals surface area contributed by atoms with Crippen LogP contribution >= 0.6 is 24.0 Å². The number of nitrogens with zero attached hydrogens (tertiary/aromatic N) is 1. The van der Waals surface area contributed by atoms with Crippen LogP contribution in [0.15, 0.2) is 4.99 Å². The molecule has 0 bridgehead atoms. The van der Waals surface area contributed by atoms with Crippen LogP contribution in [0.3, 0.4) is 0 Å². The molecule has 7 heteroatoms. The second kappa shape index (κ2) is 14.1. The molecule has 3 N–H and O–H groups in total. The molecule has 0 aromatic rings. The van der Waals surface area contributed by atoms with Crippen LogP contribution < -0.4 is 16.0 Å². The molecule has 144 valence electrons. The normalized spacial score (nSPS) is 18.3. The topological polar surface area (TPSA) is 66.9 Å². The molecule has 1 aliphatic heterocycles. The van der Waals surface area contributed by atoms with E-state index in [-0.39, 0.29) is 29.5 Å². The molecule has 0 amide bonds. The van der Waals surface area contributed by atoms with E-state index in [1.54, 1.807) is 0 Å². The summed E-state index contributed by atoms with van der Waals surface area (Å²) < 4.78 is 11.0. The molecule has 24 heavy (non-hydrogen) atoms. The average molecular weight is 456 g/mol. The third-order valence-corrected chi connectivity index (χ3v) is 3.51. The van der Waals surface area contributed by atoms with E-state index in [2.05, 4.69) is 48.6 Å². The molecule has 0 saturated carbocycles. The average Bonchev–Trinajstić information content (AvgIpc) is 2.99. The number of hydrogen-bond donors (Lipinski definition) is 3. The van der Waals surface area contributed by atoms with E-state index < -0.39 is 0 Å². The highest BCUT2D eigenvalue weighted by Crippen LogP contribution is 2.12. The summed E-state index contributed by atoms with van der Waals surface area (Å²) in [6.07, 6.45) is 2.08. The lowest BCUT2D eigenvalue weighted by molar-refractivity contribution is 0.0893.